The molecule has 2 aliphatic heterocycles. The van der Waals surface area contributed by atoms with Crippen molar-refractivity contribution in [2.45, 2.75) is 44.9 Å². The minimum atomic E-state index is -0.341. The van der Waals surface area contributed by atoms with Crippen LogP contribution in [0.5, 0.6) is 0 Å². The Kier molecular flexibility index (Phi) is 4.50. The van der Waals surface area contributed by atoms with Gasteiger partial charge in [-0.15, -0.1) is 0 Å². The van der Waals surface area contributed by atoms with E-state index in [2.05, 4.69) is 11.0 Å². The van der Waals surface area contributed by atoms with Crippen LogP contribution in [0.2, 0.25) is 0 Å². The summed E-state index contributed by atoms with van der Waals surface area (Å²) in [7, 11) is 0. The largest absolute Gasteiger partial charge is 0.422 e. The molecule has 4 aliphatic rings. The van der Waals surface area contributed by atoms with Crippen LogP contribution in [0.15, 0.2) is 62.8 Å². The molecule has 174 valence electrons. The summed E-state index contributed by atoms with van der Waals surface area (Å²) in [5.74, 6) is -0.419. The van der Waals surface area contributed by atoms with Crippen molar-refractivity contribution in [3.63, 3.8) is 0 Å². The molecule has 3 heterocycles. The molecule has 2 aromatic carbocycles. The van der Waals surface area contributed by atoms with Crippen LogP contribution in [0.1, 0.15) is 69.5 Å². The first-order valence-electron chi connectivity index (χ1n) is 12.6. The van der Waals surface area contributed by atoms with E-state index >= 15 is 0 Å². The molecule has 0 fully saturated rings. The Morgan fingerprint density at radius 3 is 2.29 bits per heavy atom. The molecule has 0 unspecified atom stereocenters. The van der Waals surface area contributed by atoms with Gasteiger partial charge in [0.1, 0.15) is 5.58 Å². The molecular weight excluding hydrogens is 438 g/mol. The van der Waals surface area contributed by atoms with E-state index < -0.39 is 0 Å². The molecule has 0 N–H and O–H groups in total. The van der Waals surface area contributed by atoms with Crippen molar-refractivity contribution in [2.75, 3.05) is 18.0 Å². The zero-order valence-corrected chi connectivity index (χ0v) is 19.5. The number of allylic oxidation sites excluding steroid dienone is 4. The first kappa shape index (κ1) is 20.6. The number of anilines is 1. The number of carbonyl (C=O) groups is 2. The summed E-state index contributed by atoms with van der Waals surface area (Å²) in [5.41, 5.74) is 7.50. The van der Waals surface area contributed by atoms with Gasteiger partial charge >= 0.3 is 5.63 Å². The predicted octanol–water partition coefficient (Wildman–Crippen LogP) is 5.43. The van der Waals surface area contributed by atoms with Gasteiger partial charge in [-0.25, -0.2) is 4.79 Å². The Hall–Kier alpha value is -3.73. The molecular formula is C30H25NO4. The highest BCUT2D eigenvalue weighted by Gasteiger charge is 2.35. The molecule has 0 saturated heterocycles. The zero-order valence-electron chi connectivity index (χ0n) is 19.5. The van der Waals surface area contributed by atoms with Crippen molar-refractivity contribution in [1.82, 2.24) is 0 Å². The van der Waals surface area contributed by atoms with E-state index in [0.717, 1.165) is 67.3 Å². The average molecular weight is 464 g/mol. The van der Waals surface area contributed by atoms with E-state index in [1.807, 2.05) is 12.1 Å². The number of ketones is 2. The molecule has 0 radical (unpaired) electrons. The Labute approximate surface area is 202 Å². The lowest BCUT2D eigenvalue weighted by Gasteiger charge is -2.37. The van der Waals surface area contributed by atoms with E-state index in [1.54, 1.807) is 24.3 Å². The van der Waals surface area contributed by atoms with Crippen LogP contribution in [-0.2, 0) is 12.8 Å². The summed E-state index contributed by atoms with van der Waals surface area (Å²) in [5, 5.41) is 0.971. The van der Waals surface area contributed by atoms with Gasteiger partial charge in [0.25, 0.3) is 0 Å². The number of nitrogens with zero attached hydrogens (tertiary/aromatic N) is 1. The predicted molar refractivity (Wildman–Crippen MR) is 135 cm³/mol. The van der Waals surface area contributed by atoms with E-state index in [9.17, 15) is 14.4 Å². The second kappa shape index (κ2) is 7.64. The van der Waals surface area contributed by atoms with Crippen molar-refractivity contribution in [2.24, 2.45) is 0 Å². The van der Waals surface area contributed by atoms with Crippen LogP contribution >= 0.6 is 0 Å². The molecule has 3 aromatic rings. The molecule has 35 heavy (non-hydrogen) atoms. The minimum absolute atomic E-state index is 0.209. The molecule has 2 aliphatic carbocycles. The standard InChI is InChI=1S/C30H25NO4/c32-27-21-9-1-2-10-22(21)28(33)25(27)18-7-3-6-17(14-18)24-16-20-15-19-8-4-12-31-13-5-11-23(26(19)31)29(20)35-30(24)34/h1-2,9-10,14-16H,3-8,11-13H2. The van der Waals surface area contributed by atoms with E-state index in [0.29, 0.717) is 29.5 Å². The topological polar surface area (TPSA) is 67.6 Å². The highest BCUT2D eigenvalue weighted by Crippen LogP contribution is 2.41. The fraction of sp³-hybridized carbons (Fsp3) is 0.300. The first-order chi connectivity index (χ1) is 17.1. The molecule has 7 rings (SSSR count). The number of benzene rings is 2. The second-order valence-corrected chi connectivity index (χ2v) is 10.1. The van der Waals surface area contributed by atoms with Crippen molar-refractivity contribution in [1.29, 1.82) is 0 Å². The van der Waals surface area contributed by atoms with Crippen molar-refractivity contribution < 1.29 is 14.0 Å². The van der Waals surface area contributed by atoms with Gasteiger partial charge in [-0.2, -0.15) is 0 Å². The number of fused-ring (bicyclic) bond motifs is 3. The summed E-state index contributed by atoms with van der Waals surface area (Å²) in [4.78, 5) is 41.8. The van der Waals surface area contributed by atoms with Gasteiger partial charge in [-0.3, -0.25) is 9.59 Å². The fourth-order valence-corrected chi connectivity index (χ4v) is 6.45. The number of aryl methyl sites for hydroxylation is 2. The molecule has 0 bridgehead atoms. The molecule has 5 heteroatoms. The van der Waals surface area contributed by atoms with Gasteiger partial charge in [0, 0.05) is 40.9 Å². The minimum Gasteiger partial charge on any atom is -0.422 e. The molecule has 0 spiro atoms. The summed E-state index contributed by atoms with van der Waals surface area (Å²) in [6.45, 7) is 2.14. The Bertz CT molecular complexity index is 1550. The maximum Gasteiger partial charge on any atom is 0.343 e. The van der Waals surface area contributed by atoms with Crippen molar-refractivity contribution >= 4 is 33.8 Å². The molecule has 0 saturated carbocycles. The lowest BCUT2D eigenvalue weighted by molar-refractivity contribution is 0.0987. The quantitative estimate of drug-likeness (QED) is 0.273. The molecule has 0 atom stereocenters. The third-order valence-corrected chi connectivity index (χ3v) is 7.99. The van der Waals surface area contributed by atoms with Crippen LogP contribution in [0.4, 0.5) is 5.69 Å². The Balaban J connectivity index is 1.37. The number of rotatable bonds is 1. The smallest absolute Gasteiger partial charge is 0.343 e. The lowest BCUT2D eigenvalue weighted by atomic mass is 9.86. The van der Waals surface area contributed by atoms with Gasteiger partial charge in [-0.1, -0.05) is 30.3 Å². The maximum atomic E-state index is 13.2. The Morgan fingerprint density at radius 1 is 0.771 bits per heavy atom. The molecule has 0 amide bonds. The van der Waals surface area contributed by atoms with Gasteiger partial charge in [0.05, 0.1) is 11.1 Å². The maximum absolute atomic E-state index is 13.2. The van der Waals surface area contributed by atoms with Crippen LogP contribution in [0.25, 0.3) is 16.5 Å². The normalized spacial score (nSPS) is 19.2. The van der Waals surface area contributed by atoms with Crippen LogP contribution in [0.3, 0.4) is 0 Å². The third-order valence-electron chi connectivity index (χ3n) is 7.99. The first-order valence-corrected chi connectivity index (χ1v) is 12.6. The van der Waals surface area contributed by atoms with Gasteiger partial charge in [0.15, 0.2) is 11.6 Å². The zero-order chi connectivity index (χ0) is 23.7. The van der Waals surface area contributed by atoms with Gasteiger partial charge in [0.2, 0.25) is 0 Å². The summed E-state index contributed by atoms with van der Waals surface area (Å²) in [6, 6.07) is 11.2. The SMILES string of the molecule is O=C1C(=C2C=C(c3cc4cc5c6c(c4oc3=O)CCCN6CCC5)CCC2)C(=O)c2ccccc21. The summed E-state index contributed by atoms with van der Waals surface area (Å²) >= 11 is 0. The number of Topliss-reactive ketones (excluding diaryl/α,β-unsaturated/α-hetero) is 2. The highest BCUT2D eigenvalue weighted by atomic mass is 16.4. The third kappa shape index (κ3) is 3.04. The summed E-state index contributed by atoms with van der Waals surface area (Å²) < 4.78 is 6.00. The number of carbonyl (C=O) groups excluding carboxylic acids is 2. The monoisotopic (exact) mass is 463 g/mol. The van der Waals surface area contributed by atoms with Gasteiger partial charge < -0.3 is 9.32 Å². The van der Waals surface area contributed by atoms with Crippen LogP contribution in [-0.4, -0.2) is 24.7 Å². The van der Waals surface area contributed by atoms with Crippen molar-refractivity contribution in [3.8, 4) is 0 Å². The lowest BCUT2D eigenvalue weighted by Crippen LogP contribution is -2.34. The van der Waals surface area contributed by atoms with E-state index in [-0.39, 0.29) is 22.8 Å². The average Bonchev–Trinajstić information content (AvgIpc) is 3.14. The van der Waals surface area contributed by atoms with Crippen LogP contribution < -0.4 is 10.5 Å². The fourth-order valence-electron chi connectivity index (χ4n) is 6.45. The summed E-state index contributed by atoms with van der Waals surface area (Å²) in [6.07, 6.45) is 8.24. The van der Waals surface area contributed by atoms with Crippen molar-refractivity contribution in [3.05, 3.63) is 91.9 Å². The highest BCUT2D eigenvalue weighted by molar-refractivity contribution is 6.40. The Morgan fingerprint density at radius 2 is 1.51 bits per heavy atom. The van der Waals surface area contributed by atoms with Crippen LogP contribution in [0, 0.1) is 0 Å². The van der Waals surface area contributed by atoms with E-state index in [4.69, 9.17) is 4.42 Å². The van der Waals surface area contributed by atoms with E-state index in [1.165, 1.54) is 16.8 Å². The van der Waals surface area contributed by atoms with Gasteiger partial charge in [-0.05, 0) is 73.8 Å². The second-order valence-electron chi connectivity index (χ2n) is 10.1. The number of hydrogen-bond acceptors (Lipinski definition) is 5. The molecule has 1 aromatic heterocycles. The number of hydrogen-bond donors (Lipinski definition) is 0. The molecule has 5 nitrogen and oxygen atoms in total.